The molecule has 0 amide bonds. The zero-order valence-corrected chi connectivity index (χ0v) is 28.9. The van der Waals surface area contributed by atoms with Crippen molar-refractivity contribution >= 4 is 78.2 Å². The maximum atomic E-state index is 2.68. The van der Waals surface area contributed by atoms with E-state index in [4.69, 9.17) is 0 Å². The second-order valence-electron chi connectivity index (χ2n) is 14.5. The fourth-order valence-electron chi connectivity index (χ4n) is 9.41. The first-order chi connectivity index (χ1) is 26.3. The Hall–Kier alpha value is -6.84. The van der Waals surface area contributed by atoms with Gasteiger partial charge >= 0.3 is 6.85 Å². The van der Waals surface area contributed by atoms with Crippen LogP contribution in [0.15, 0.2) is 188 Å². The molecular weight excluding hydrogens is 639 g/mol. The largest absolute Gasteiger partial charge is 0.375 e. The predicted molar refractivity (Wildman–Crippen MR) is 226 cm³/mol. The maximum absolute atomic E-state index is 2.68. The Morgan fingerprint density at radius 1 is 0.396 bits per heavy atom. The molecule has 9 aromatic carbocycles. The summed E-state index contributed by atoms with van der Waals surface area (Å²) in [5, 5.41) is 7.70. The Morgan fingerprint density at radius 3 is 1.79 bits per heavy atom. The van der Waals surface area contributed by atoms with Crippen molar-refractivity contribution in [2.45, 2.75) is 0 Å². The maximum Gasteiger partial charge on any atom is 0.333 e. The lowest BCUT2D eigenvalue weighted by Crippen LogP contribution is -2.56. The normalized spacial score (nSPS) is 12.8. The monoisotopic (exact) mass is 670 g/mol. The lowest BCUT2D eigenvalue weighted by atomic mass is 9.44. The van der Waals surface area contributed by atoms with Crippen molar-refractivity contribution in [2.75, 3.05) is 4.90 Å². The minimum atomic E-state index is -0.0285. The van der Waals surface area contributed by atoms with Crippen LogP contribution in [0.5, 0.6) is 0 Å². The molecule has 3 heteroatoms. The van der Waals surface area contributed by atoms with E-state index in [9.17, 15) is 0 Å². The molecule has 1 aromatic heterocycles. The van der Waals surface area contributed by atoms with Crippen molar-refractivity contribution in [3.63, 3.8) is 0 Å². The first-order valence-electron chi connectivity index (χ1n) is 18.5. The fourth-order valence-corrected chi connectivity index (χ4v) is 9.41. The van der Waals surface area contributed by atoms with Gasteiger partial charge in [-0.05, 0) is 96.7 Å². The van der Waals surface area contributed by atoms with Gasteiger partial charge in [0.25, 0.3) is 0 Å². The number of aromatic nitrogens is 1. The van der Waals surface area contributed by atoms with Crippen LogP contribution in [0.3, 0.4) is 0 Å². The quantitative estimate of drug-likeness (QED) is 0.170. The number of nitrogens with zero attached hydrogens (tertiary/aromatic N) is 2. The number of anilines is 3. The molecule has 12 rings (SSSR count). The summed E-state index contributed by atoms with van der Waals surface area (Å²) in [6.07, 6.45) is 0. The van der Waals surface area contributed by atoms with E-state index in [0.29, 0.717) is 0 Å². The molecule has 0 atom stereocenters. The molecule has 0 saturated carbocycles. The van der Waals surface area contributed by atoms with E-state index in [1.165, 1.54) is 99.0 Å². The van der Waals surface area contributed by atoms with Gasteiger partial charge in [-0.1, -0.05) is 152 Å². The summed E-state index contributed by atoms with van der Waals surface area (Å²) in [5.74, 6) is 0. The summed E-state index contributed by atoms with van der Waals surface area (Å²) in [4.78, 5) is 2.52. The molecule has 2 nitrogen and oxygen atoms in total. The summed E-state index contributed by atoms with van der Waals surface area (Å²) >= 11 is 0. The molecule has 0 N–H and O–H groups in total. The molecular formula is C50H31BN2. The highest BCUT2D eigenvalue weighted by Crippen LogP contribution is 2.48. The van der Waals surface area contributed by atoms with Crippen molar-refractivity contribution in [3.8, 4) is 33.4 Å². The zero-order valence-electron chi connectivity index (χ0n) is 28.9. The molecule has 3 heterocycles. The van der Waals surface area contributed by atoms with E-state index in [0.717, 1.165) is 5.69 Å². The molecule has 0 spiro atoms. The summed E-state index contributed by atoms with van der Waals surface area (Å²) in [6, 6.07) is 69.7. The topological polar surface area (TPSA) is 8.17 Å². The first-order valence-corrected chi connectivity index (χ1v) is 18.5. The minimum Gasteiger partial charge on any atom is -0.375 e. The molecule has 0 unspecified atom stereocenters. The van der Waals surface area contributed by atoms with Gasteiger partial charge in [-0.3, -0.25) is 0 Å². The fraction of sp³-hybridized carbons (Fsp3) is 0. The highest BCUT2D eigenvalue weighted by molar-refractivity contribution is 6.90. The highest BCUT2D eigenvalue weighted by Gasteiger charge is 2.43. The molecule has 0 bridgehead atoms. The molecule has 0 fully saturated rings. The first kappa shape index (κ1) is 28.8. The third-order valence-electron chi connectivity index (χ3n) is 11.7. The van der Waals surface area contributed by atoms with Gasteiger partial charge in [0, 0.05) is 44.4 Å². The van der Waals surface area contributed by atoms with Crippen LogP contribution in [-0.4, -0.2) is 11.3 Å². The number of para-hydroxylation sites is 1. The Labute approximate surface area is 307 Å². The summed E-state index contributed by atoms with van der Waals surface area (Å²) < 4.78 is 2.68. The van der Waals surface area contributed by atoms with Gasteiger partial charge in [0.15, 0.2) is 0 Å². The van der Waals surface area contributed by atoms with Gasteiger partial charge in [-0.2, -0.15) is 0 Å². The molecule has 0 radical (unpaired) electrons. The van der Waals surface area contributed by atoms with Crippen LogP contribution >= 0.6 is 0 Å². The number of hydrogen-bond acceptors (Lipinski definition) is 1. The number of benzene rings is 9. The van der Waals surface area contributed by atoms with E-state index >= 15 is 0 Å². The molecule has 0 saturated heterocycles. The van der Waals surface area contributed by atoms with Crippen LogP contribution in [0.2, 0.25) is 0 Å². The second kappa shape index (κ2) is 10.8. The van der Waals surface area contributed by atoms with Gasteiger partial charge in [0.2, 0.25) is 0 Å². The number of hydrogen-bond donors (Lipinski definition) is 0. The van der Waals surface area contributed by atoms with Gasteiger partial charge in [-0.15, -0.1) is 0 Å². The third-order valence-corrected chi connectivity index (χ3v) is 11.7. The van der Waals surface area contributed by atoms with Gasteiger partial charge in [0.05, 0.1) is 0 Å². The van der Waals surface area contributed by atoms with E-state index < -0.39 is 0 Å². The van der Waals surface area contributed by atoms with E-state index in [1.54, 1.807) is 0 Å². The van der Waals surface area contributed by atoms with Crippen molar-refractivity contribution in [3.05, 3.63) is 188 Å². The Kier molecular flexibility index (Phi) is 5.89. The van der Waals surface area contributed by atoms with Crippen LogP contribution in [-0.2, 0) is 0 Å². The molecule has 2 aliphatic heterocycles. The van der Waals surface area contributed by atoms with E-state index in [1.807, 2.05) is 0 Å². The van der Waals surface area contributed by atoms with Gasteiger partial charge in [0.1, 0.15) is 0 Å². The van der Waals surface area contributed by atoms with Crippen LogP contribution < -0.4 is 15.8 Å². The number of fused-ring (bicyclic) bond motifs is 10. The molecule has 10 aromatic rings. The number of rotatable bonds is 3. The van der Waals surface area contributed by atoms with Crippen molar-refractivity contribution in [1.29, 1.82) is 0 Å². The summed E-state index contributed by atoms with van der Waals surface area (Å²) in [7, 11) is 0. The van der Waals surface area contributed by atoms with Gasteiger partial charge in [-0.25, -0.2) is 0 Å². The lowest BCUT2D eigenvalue weighted by molar-refractivity contribution is 1.26. The molecule has 244 valence electrons. The third kappa shape index (κ3) is 4.05. The van der Waals surface area contributed by atoms with Crippen molar-refractivity contribution in [2.24, 2.45) is 0 Å². The van der Waals surface area contributed by atoms with Crippen LogP contribution in [0.1, 0.15) is 0 Å². The Balaban J connectivity index is 1.22. The smallest absolute Gasteiger partial charge is 0.333 e. The molecule has 53 heavy (non-hydrogen) atoms. The van der Waals surface area contributed by atoms with Crippen LogP contribution in [0.4, 0.5) is 17.1 Å². The highest BCUT2D eigenvalue weighted by atomic mass is 15.2. The van der Waals surface area contributed by atoms with Crippen molar-refractivity contribution in [1.82, 2.24) is 4.48 Å². The Morgan fingerprint density at radius 2 is 1.02 bits per heavy atom. The SMILES string of the molecule is c1ccc(-c2ccc(N3c4ccc(-c5ccccc5)cc4B4c5c3cc3ccccc3c5-c3cccc5c6cc7ccccc7cc6n4c35)cc2)cc1. The predicted octanol–water partition coefficient (Wildman–Crippen LogP) is 11.9. The average Bonchev–Trinajstić information content (AvgIpc) is 3.55. The summed E-state index contributed by atoms with van der Waals surface area (Å²) in [5.41, 5.74) is 16.4. The average molecular weight is 671 g/mol. The standard InChI is InChI=1S/C50H31BN2/c1-3-12-32(13-4-1)34-22-25-39(26-23-34)52-45-27-24-37(33-14-5-2-6-15-33)29-44(45)51-49-47(52)31-38-18-9-10-19-40(38)48(49)42-21-11-20-41-43-28-35-16-7-8-17-36(35)30-46(43)53(51)50(41)42/h1-31H. The molecule has 0 aliphatic carbocycles. The lowest BCUT2D eigenvalue weighted by Gasteiger charge is -2.41. The minimum absolute atomic E-state index is 0.0285. The van der Waals surface area contributed by atoms with Gasteiger partial charge < -0.3 is 9.38 Å². The van der Waals surface area contributed by atoms with Crippen molar-refractivity contribution < 1.29 is 0 Å². The second-order valence-corrected chi connectivity index (χ2v) is 14.5. The van der Waals surface area contributed by atoms with E-state index in [-0.39, 0.29) is 6.85 Å². The van der Waals surface area contributed by atoms with E-state index in [2.05, 4.69) is 197 Å². The van der Waals surface area contributed by atoms with Crippen LogP contribution in [0, 0.1) is 0 Å². The molecule has 2 aliphatic rings. The Bertz CT molecular complexity index is 3110. The zero-order chi connectivity index (χ0) is 34.6. The summed E-state index contributed by atoms with van der Waals surface area (Å²) in [6.45, 7) is -0.0285. The van der Waals surface area contributed by atoms with Crippen LogP contribution in [0.25, 0.3) is 76.7 Å².